The molecular formula is C18H25ClF3N3O3. The predicted molar refractivity (Wildman–Crippen MR) is 101 cm³/mol. The molecule has 0 unspecified atom stereocenters. The minimum Gasteiger partial charge on any atom is -0.368 e. The molecule has 6 nitrogen and oxygen atoms in total. The Hall–Kier alpha value is -1.84. The lowest BCUT2D eigenvalue weighted by molar-refractivity contribution is -0.185. The maximum Gasteiger partial charge on any atom is 0.471 e. The molecule has 0 bridgehead atoms. The number of rotatable bonds is 6. The van der Waals surface area contributed by atoms with E-state index in [1.807, 2.05) is 0 Å². The third-order valence-electron chi connectivity index (χ3n) is 4.69. The molecule has 1 aromatic rings. The molecule has 1 aliphatic rings. The van der Waals surface area contributed by atoms with Gasteiger partial charge in [-0.3, -0.25) is 9.59 Å². The lowest BCUT2D eigenvalue weighted by atomic mass is 9.91. The van der Waals surface area contributed by atoms with E-state index in [1.54, 1.807) is 24.3 Å². The Morgan fingerprint density at radius 3 is 2.46 bits per heavy atom. The number of ether oxygens (including phenoxy) is 1. The SMILES string of the molecule is CCN(Cc1cccc(NC(=O)C2(OC)CCNCC2)c1)C(=O)C(F)(F)F.Cl. The van der Waals surface area contributed by atoms with Crippen LogP contribution in [0.3, 0.4) is 0 Å². The Morgan fingerprint density at radius 2 is 1.93 bits per heavy atom. The van der Waals surface area contributed by atoms with Crippen molar-refractivity contribution in [1.82, 2.24) is 10.2 Å². The molecule has 158 valence electrons. The smallest absolute Gasteiger partial charge is 0.368 e. The molecule has 10 heteroatoms. The number of piperidine rings is 1. The van der Waals surface area contributed by atoms with Crippen LogP contribution in [0.5, 0.6) is 0 Å². The van der Waals surface area contributed by atoms with E-state index in [-0.39, 0.29) is 31.4 Å². The van der Waals surface area contributed by atoms with Gasteiger partial charge in [0, 0.05) is 25.9 Å². The third kappa shape index (κ3) is 5.83. The number of nitrogens with zero attached hydrogens (tertiary/aromatic N) is 1. The van der Waals surface area contributed by atoms with Gasteiger partial charge in [-0.2, -0.15) is 13.2 Å². The lowest BCUT2D eigenvalue weighted by Crippen LogP contribution is -2.51. The summed E-state index contributed by atoms with van der Waals surface area (Å²) >= 11 is 0. The van der Waals surface area contributed by atoms with Crippen LogP contribution in [0.25, 0.3) is 0 Å². The highest BCUT2D eigenvalue weighted by atomic mass is 35.5. The van der Waals surface area contributed by atoms with Crippen LogP contribution in [0.4, 0.5) is 18.9 Å². The molecule has 0 aliphatic carbocycles. The van der Waals surface area contributed by atoms with Crippen molar-refractivity contribution in [3.63, 3.8) is 0 Å². The second-order valence-electron chi connectivity index (χ2n) is 6.42. The van der Waals surface area contributed by atoms with Crippen molar-refractivity contribution >= 4 is 29.9 Å². The molecule has 1 heterocycles. The van der Waals surface area contributed by atoms with Crippen LogP contribution in [-0.2, 0) is 20.9 Å². The fourth-order valence-electron chi connectivity index (χ4n) is 3.07. The monoisotopic (exact) mass is 423 g/mol. The molecular weight excluding hydrogens is 399 g/mol. The van der Waals surface area contributed by atoms with Gasteiger partial charge in [0.25, 0.3) is 5.91 Å². The van der Waals surface area contributed by atoms with Gasteiger partial charge in [-0.15, -0.1) is 12.4 Å². The van der Waals surface area contributed by atoms with Crippen LogP contribution in [0.1, 0.15) is 25.3 Å². The minimum absolute atomic E-state index is 0. The molecule has 1 fully saturated rings. The van der Waals surface area contributed by atoms with Crippen LogP contribution < -0.4 is 10.6 Å². The zero-order valence-corrected chi connectivity index (χ0v) is 16.6. The zero-order chi connectivity index (χ0) is 20.1. The van der Waals surface area contributed by atoms with Crippen LogP contribution in [0.15, 0.2) is 24.3 Å². The summed E-state index contributed by atoms with van der Waals surface area (Å²) in [6.07, 6.45) is -3.86. The Bertz CT molecular complexity index is 680. The first-order chi connectivity index (χ1) is 12.7. The van der Waals surface area contributed by atoms with Gasteiger partial charge in [0.15, 0.2) is 0 Å². The van der Waals surface area contributed by atoms with E-state index in [1.165, 1.54) is 14.0 Å². The van der Waals surface area contributed by atoms with E-state index in [0.717, 1.165) is 0 Å². The van der Waals surface area contributed by atoms with Crippen molar-refractivity contribution in [2.75, 3.05) is 32.1 Å². The molecule has 2 rings (SSSR count). The molecule has 0 saturated carbocycles. The van der Waals surface area contributed by atoms with E-state index in [0.29, 0.717) is 42.1 Å². The van der Waals surface area contributed by atoms with E-state index in [4.69, 9.17) is 4.74 Å². The van der Waals surface area contributed by atoms with Gasteiger partial charge in [0.1, 0.15) is 5.60 Å². The number of anilines is 1. The normalized spacial score (nSPS) is 16.0. The number of carbonyl (C=O) groups excluding carboxylic acids is 2. The van der Waals surface area contributed by atoms with Crippen molar-refractivity contribution in [1.29, 1.82) is 0 Å². The summed E-state index contributed by atoms with van der Waals surface area (Å²) in [5.74, 6) is -2.17. The number of methoxy groups -OCH3 is 1. The average Bonchev–Trinajstić information content (AvgIpc) is 2.65. The van der Waals surface area contributed by atoms with Crippen LogP contribution in [0, 0.1) is 0 Å². The molecule has 0 atom stereocenters. The topological polar surface area (TPSA) is 70.7 Å². The van der Waals surface area contributed by atoms with E-state index in [2.05, 4.69) is 10.6 Å². The average molecular weight is 424 g/mol. The molecule has 0 aromatic heterocycles. The van der Waals surface area contributed by atoms with Gasteiger partial charge in [0.05, 0.1) is 0 Å². The fraction of sp³-hybridized carbons (Fsp3) is 0.556. The summed E-state index contributed by atoms with van der Waals surface area (Å²) in [4.78, 5) is 24.8. The third-order valence-corrected chi connectivity index (χ3v) is 4.69. The number of alkyl halides is 3. The summed E-state index contributed by atoms with van der Waals surface area (Å²) in [5.41, 5.74) is 0.00941. The first-order valence-corrected chi connectivity index (χ1v) is 8.74. The van der Waals surface area contributed by atoms with Crippen molar-refractivity contribution in [3.8, 4) is 0 Å². The predicted octanol–water partition coefficient (Wildman–Crippen LogP) is 2.73. The highest BCUT2D eigenvalue weighted by Crippen LogP contribution is 2.25. The molecule has 28 heavy (non-hydrogen) atoms. The quantitative estimate of drug-likeness (QED) is 0.738. The lowest BCUT2D eigenvalue weighted by Gasteiger charge is -2.34. The van der Waals surface area contributed by atoms with Crippen LogP contribution in [-0.4, -0.2) is 55.2 Å². The second-order valence-corrected chi connectivity index (χ2v) is 6.42. The second kappa shape index (κ2) is 10.1. The zero-order valence-electron chi connectivity index (χ0n) is 15.8. The number of benzene rings is 1. The Morgan fingerprint density at radius 1 is 1.29 bits per heavy atom. The first kappa shape index (κ1) is 24.2. The summed E-state index contributed by atoms with van der Waals surface area (Å²) in [7, 11) is 1.49. The van der Waals surface area contributed by atoms with Gasteiger partial charge >= 0.3 is 12.1 Å². The van der Waals surface area contributed by atoms with Crippen molar-refractivity contribution in [2.24, 2.45) is 0 Å². The van der Waals surface area contributed by atoms with Crippen molar-refractivity contribution in [3.05, 3.63) is 29.8 Å². The Balaban J connectivity index is 0.00000392. The highest BCUT2D eigenvalue weighted by Gasteiger charge is 2.42. The standard InChI is InChI=1S/C18H24F3N3O3.ClH/c1-3-24(16(26)18(19,20)21)12-13-5-4-6-14(11-13)23-15(25)17(27-2)7-9-22-10-8-17;/h4-6,11,22H,3,7-10,12H2,1-2H3,(H,23,25);1H. The number of hydrogen-bond donors (Lipinski definition) is 2. The maximum absolute atomic E-state index is 12.7. The van der Waals surface area contributed by atoms with E-state index < -0.39 is 17.7 Å². The van der Waals surface area contributed by atoms with Gasteiger partial charge in [0.2, 0.25) is 0 Å². The molecule has 0 radical (unpaired) electrons. The summed E-state index contributed by atoms with van der Waals surface area (Å²) in [6.45, 7) is 2.53. The number of halogens is 4. The number of nitrogens with one attached hydrogen (secondary N) is 2. The molecule has 2 amide bonds. The van der Waals surface area contributed by atoms with E-state index in [9.17, 15) is 22.8 Å². The van der Waals surface area contributed by atoms with Gasteiger partial charge in [-0.1, -0.05) is 12.1 Å². The first-order valence-electron chi connectivity index (χ1n) is 8.74. The van der Waals surface area contributed by atoms with E-state index >= 15 is 0 Å². The van der Waals surface area contributed by atoms with Gasteiger partial charge < -0.3 is 20.3 Å². The van der Waals surface area contributed by atoms with Gasteiger partial charge in [-0.05, 0) is 50.6 Å². The molecule has 1 aromatic carbocycles. The summed E-state index contributed by atoms with van der Waals surface area (Å²) in [6, 6.07) is 6.44. The summed E-state index contributed by atoms with van der Waals surface area (Å²) < 4.78 is 43.4. The molecule has 1 saturated heterocycles. The highest BCUT2D eigenvalue weighted by molar-refractivity contribution is 5.97. The fourth-order valence-corrected chi connectivity index (χ4v) is 3.07. The Labute approximate surface area is 168 Å². The van der Waals surface area contributed by atoms with Crippen molar-refractivity contribution < 1.29 is 27.5 Å². The molecule has 2 N–H and O–H groups in total. The maximum atomic E-state index is 12.7. The summed E-state index contributed by atoms with van der Waals surface area (Å²) in [5, 5.41) is 5.94. The number of hydrogen-bond acceptors (Lipinski definition) is 4. The molecule has 1 aliphatic heterocycles. The molecule has 0 spiro atoms. The van der Waals surface area contributed by atoms with Gasteiger partial charge in [-0.25, -0.2) is 0 Å². The Kier molecular flexibility index (Phi) is 8.72. The minimum atomic E-state index is -4.91. The van der Waals surface area contributed by atoms with Crippen LogP contribution >= 0.6 is 12.4 Å². The number of amides is 2. The van der Waals surface area contributed by atoms with Crippen LogP contribution in [0.2, 0.25) is 0 Å². The van der Waals surface area contributed by atoms with Crippen molar-refractivity contribution in [2.45, 2.75) is 38.1 Å². The number of carbonyl (C=O) groups is 2. The largest absolute Gasteiger partial charge is 0.471 e.